The van der Waals surface area contributed by atoms with E-state index in [-0.39, 0.29) is 12.2 Å². The van der Waals surface area contributed by atoms with Crippen molar-refractivity contribution in [3.63, 3.8) is 0 Å². The Labute approximate surface area is 139 Å². The molecule has 2 aromatic carbocycles. The second-order valence-corrected chi connectivity index (χ2v) is 5.58. The van der Waals surface area contributed by atoms with Crippen LogP contribution < -0.4 is 10.2 Å². The van der Waals surface area contributed by atoms with Gasteiger partial charge in [-0.05, 0) is 35.9 Å². The lowest BCUT2D eigenvalue weighted by Crippen LogP contribution is -2.36. The molecule has 5 nitrogen and oxygen atoms in total. The molecular weight excluding hydrogens is 311 g/mol. The molecule has 3 rings (SSSR count). The zero-order chi connectivity index (χ0) is 16.9. The molecule has 0 aromatic heterocycles. The Hall–Kier alpha value is -2.44. The van der Waals surface area contributed by atoms with E-state index >= 15 is 0 Å². The number of aliphatic hydroxyl groups is 1. The van der Waals surface area contributed by atoms with Crippen molar-refractivity contribution in [2.24, 2.45) is 0 Å². The third kappa shape index (κ3) is 3.72. The summed E-state index contributed by atoms with van der Waals surface area (Å²) < 4.78 is 19.6. The van der Waals surface area contributed by atoms with Crippen molar-refractivity contribution >= 4 is 17.3 Å². The van der Waals surface area contributed by atoms with Gasteiger partial charge >= 0.3 is 0 Å². The van der Waals surface area contributed by atoms with E-state index in [0.717, 1.165) is 0 Å². The maximum Gasteiger partial charge on any atom is 0.255 e. The van der Waals surface area contributed by atoms with E-state index in [1.165, 1.54) is 6.07 Å². The van der Waals surface area contributed by atoms with Crippen molar-refractivity contribution in [3.05, 3.63) is 59.4 Å². The molecule has 0 radical (unpaired) electrons. The van der Waals surface area contributed by atoms with Crippen LogP contribution >= 0.6 is 0 Å². The van der Waals surface area contributed by atoms with Crippen LogP contribution in [0, 0.1) is 5.82 Å². The Balaban J connectivity index is 1.74. The molecule has 0 unspecified atom stereocenters. The number of hydrogen-bond donors (Lipinski definition) is 2. The molecule has 6 heteroatoms. The zero-order valence-electron chi connectivity index (χ0n) is 13.2. The van der Waals surface area contributed by atoms with Gasteiger partial charge in [0.15, 0.2) is 0 Å². The lowest BCUT2D eigenvalue weighted by atomic mass is 10.1. The summed E-state index contributed by atoms with van der Waals surface area (Å²) in [6.07, 6.45) is 0. The van der Waals surface area contributed by atoms with Crippen LogP contribution in [0.1, 0.15) is 15.9 Å². The molecule has 0 saturated carbocycles. The van der Waals surface area contributed by atoms with Crippen molar-refractivity contribution in [2.45, 2.75) is 6.61 Å². The van der Waals surface area contributed by atoms with Gasteiger partial charge in [0.2, 0.25) is 0 Å². The Bertz CT molecular complexity index is 730. The maximum absolute atomic E-state index is 14.4. The predicted molar refractivity (Wildman–Crippen MR) is 89.8 cm³/mol. The molecular formula is C18H19FN2O3. The van der Waals surface area contributed by atoms with Crippen LogP contribution in [0.4, 0.5) is 15.8 Å². The third-order valence-electron chi connectivity index (χ3n) is 3.93. The molecule has 24 heavy (non-hydrogen) atoms. The summed E-state index contributed by atoms with van der Waals surface area (Å²) in [4.78, 5) is 14.2. The van der Waals surface area contributed by atoms with Crippen LogP contribution in [0.3, 0.4) is 0 Å². The highest BCUT2D eigenvalue weighted by Crippen LogP contribution is 2.22. The molecule has 0 atom stereocenters. The summed E-state index contributed by atoms with van der Waals surface area (Å²) in [7, 11) is 0. The Morgan fingerprint density at radius 1 is 1.21 bits per heavy atom. The van der Waals surface area contributed by atoms with Crippen molar-refractivity contribution in [3.8, 4) is 0 Å². The Kier molecular flexibility index (Phi) is 5.08. The number of nitrogens with one attached hydrogen (secondary N) is 1. The summed E-state index contributed by atoms with van der Waals surface area (Å²) in [5, 5.41) is 11.8. The van der Waals surface area contributed by atoms with Crippen molar-refractivity contribution < 1.29 is 19.0 Å². The third-order valence-corrected chi connectivity index (χ3v) is 3.93. The van der Waals surface area contributed by atoms with Crippen LogP contribution in [0.15, 0.2) is 42.5 Å². The van der Waals surface area contributed by atoms with Crippen molar-refractivity contribution in [1.29, 1.82) is 0 Å². The Morgan fingerprint density at radius 2 is 2.00 bits per heavy atom. The number of halogens is 1. The number of amides is 1. The largest absolute Gasteiger partial charge is 0.392 e. The monoisotopic (exact) mass is 330 g/mol. The second-order valence-electron chi connectivity index (χ2n) is 5.58. The van der Waals surface area contributed by atoms with Gasteiger partial charge in [-0.1, -0.05) is 12.1 Å². The molecule has 1 aliphatic rings. The lowest BCUT2D eigenvalue weighted by Gasteiger charge is -2.29. The van der Waals surface area contributed by atoms with Gasteiger partial charge in [0.1, 0.15) is 5.82 Å². The average molecular weight is 330 g/mol. The van der Waals surface area contributed by atoms with E-state index in [0.29, 0.717) is 43.2 Å². The summed E-state index contributed by atoms with van der Waals surface area (Å²) in [5.41, 5.74) is 1.99. The second kappa shape index (κ2) is 7.42. The van der Waals surface area contributed by atoms with E-state index in [4.69, 9.17) is 9.84 Å². The number of benzene rings is 2. The molecule has 0 spiro atoms. The van der Waals surface area contributed by atoms with E-state index in [9.17, 15) is 9.18 Å². The molecule has 1 fully saturated rings. The number of anilines is 2. The SMILES string of the molecule is O=C(Nc1cccc(CO)c1)c1ccc(N2CCOCC2)c(F)c1. The number of nitrogens with zero attached hydrogens (tertiary/aromatic N) is 1. The standard InChI is InChI=1S/C18H19FN2O3/c19-16-11-14(4-5-17(16)21-6-8-24-9-7-21)18(23)20-15-3-1-2-13(10-15)12-22/h1-5,10-11,22H,6-9,12H2,(H,20,23). The summed E-state index contributed by atoms with van der Waals surface area (Å²) in [6, 6.07) is 11.4. The van der Waals surface area contributed by atoms with Crippen LogP contribution in [0.2, 0.25) is 0 Å². The average Bonchev–Trinajstić information content (AvgIpc) is 2.62. The molecule has 2 N–H and O–H groups in total. The van der Waals surface area contributed by atoms with E-state index in [2.05, 4.69) is 5.32 Å². The summed E-state index contributed by atoms with van der Waals surface area (Å²) in [5.74, 6) is -0.814. The summed E-state index contributed by atoms with van der Waals surface area (Å²) in [6.45, 7) is 2.31. The first kappa shape index (κ1) is 16.4. The number of carbonyl (C=O) groups excluding carboxylic acids is 1. The minimum atomic E-state index is -0.423. The number of hydrogen-bond acceptors (Lipinski definition) is 4. The van der Waals surface area contributed by atoms with Gasteiger partial charge < -0.3 is 20.1 Å². The fourth-order valence-electron chi connectivity index (χ4n) is 2.66. The molecule has 1 saturated heterocycles. The highest BCUT2D eigenvalue weighted by Gasteiger charge is 2.17. The van der Waals surface area contributed by atoms with E-state index in [1.807, 2.05) is 4.90 Å². The number of ether oxygens (including phenoxy) is 1. The van der Waals surface area contributed by atoms with Gasteiger partial charge in [-0.2, -0.15) is 0 Å². The first-order chi connectivity index (χ1) is 11.7. The van der Waals surface area contributed by atoms with Crippen molar-refractivity contribution in [1.82, 2.24) is 0 Å². The lowest BCUT2D eigenvalue weighted by molar-refractivity contribution is 0.102. The van der Waals surface area contributed by atoms with Gasteiger partial charge in [-0.15, -0.1) is 0 Å². The minimum absolute atomic E-state index is 0.105. The highest BCUT2D eigenvalue weighted by molar-refractivity contribution is 6.04. The van der Waals surface area contributed by atoms with Crippen LogP contribution in [-0.4, -0.2) is 37.3 Å². The van der Waals surface area contributed by atoms with Crippen LogP contribution in [0.5, 0.6) is 0 Å². The molecule has 2 aromatic rings. The van der Waals surface area contributed by atoms with Crippen LogP contribution in [0.25, 0.3) is 0 Å². The van der Waals surface area contributed by atoms with Gasteiger partial charge in [-0.3, -0.25) is 4.79 Å². The molecule has 1 amide bonds. The molecule has 126 valence electrons. The number of rotatable bonds is 4. The molecule has 0 bridgehead atoms. The fourth-order valence-corrected chi connectivity index (χ4v) is 2.66. The summed E-state index contributed by atoms with van der Waals surface area (Å²) >= 11 is 0. The number of aliphatic hydroxyl groups excluding tert-OH is 1. The first-order valence-electron chi connectivity index (χ1n) is 7.81. The van der Waals surface area contributed by atoms with E-state index < -0.39 is 11.7 Å². The Morgan fingerprint density at radius 3 is 2.71 bits per heavy atom. The molecule has 0 aliphatic carbocycles. The predicted octanol–water partition coefficient (Wildman–Crippen LogP) is 2.41. The number of carbonyl (C=O) groups is 1. The normalized spacial score (nSPS) is 14.5. The minimum Gasteiger partial charge on any atom is -0.392 e. The highest BCUT2D eigenvalue weighted by atomic mass is 19.1. The van der Waals surface area contributed by atoms with Crippen LogP contribution in [-0.2, 0) is 11.3 Å². The van der Waals surface area contributed by atoms with Gasteiger partial charge in [0, 0.05) is 24.3 Å². The fraction of sp³-hybridized carbons (Fsp3) is 0.278. The zero-order valence-corrected chi connectivity index (χ0v) is 13.2. The smallest absolute Gasteiger partial charge is 0.255 e. The maximum atomic E-state index is 14.4. The van der Waals surface area contributed by atoms with Crippen molar-refractivity contribution in [2.75, 3.05) is 36.5 Å². The van der Waals surface area contributed by atoms with Gasteiger partial charge in [-0.25, -0.2) is 4.39 Å². The molecule has 1 aliphatic heterocycles. The van der Waals surface area contributed by atoms with Gasteiger partial charge in [0.05, 0.1) is 25.5 Å². The molecule has 1 heterocycles. The van der Waals surface area contributed by atoms with Gasteiger partial charge in [0.25, 0.3) is 5.91 Å². The number of morpholine rings is 1. The topological polar surface area (TPSA) is 61.8 Å². The quantitative estimate of drug-likeness (QED) is 0.904. The first-order valence-corrected chi connectivity index (χ1v) is 7.81. The van der Waals surface area contributed by atoms with E-state index in [1.54, 1.807) is 36.4 Å².